The maximum atomic E-state index is 12.3. The molecule has 2 heterocycles. The number of nitrogens with zero attached hydrogens (tertiary/aromatic N) is 1. The highest BCUT2D eigenvalue weighted by atomic mass is 16.5. The number of benzene rings is 1. The molecule has 106 valence electrons. The average molecular weight is 281 g/mol. The monoisotopic (exact) mass is 281 g/mol. The lowest BCUT2D eigenvalue weighted by molar-refractivity contribution is 0.0529. The summed E-state index contributed by atoms with van der Waals surface area (Å²) in [5, 5.41) is 0.673. The van der Waals surface area contributed by atoms with Crippen molar-refractivity contribution in [1.82, 2.24) is 4.98 Å². The molecule has 0 unspecified atom stereocenters. The number of pyridine rings is 1. The highest BCUT2D eigenvalue weighted by molar-refractivity contribution is 6.08. The highest BCUT2D eigenvalue weighted by Gasteiger charge is 2.23. The third-order valence-electron chi connectivity index (χ3n) is 3.26. The van der Waals surface area contributed by atoms with Gasteiger partial charge < -0.3 is 9.15 Å². The minimum absolute atomic E-state index is 0.319. The van der Waals surface area contributed by atoms with Crippen LogP contribution in [0.4, 0.5) is 0 Å². The van der Waals surface area contributed by atoms with Gasteiger partial charge in [-0.3, -0.25) is 0 Å². The Morgan fingerprint density at radius 1 is 1.24 bits per heavy atom. The van der Waals surface area contributed by atoms with Crippen LogP contribution in [0.3, 0.4) is 0 Å². The maximum absolute atomic E-state index is 12.3. The molecule has 0 amide bonds. The van der Waals surface area contributed by atoms with Gasteiger partial charge in [-0.15, -0.1) is 0 Å². The number of rotatable bonds is 3. The first kappa shape index (κ1) is 13.4. The Kier molecular flexibility index (Phi) is 3.44. The SMILES string of the molecule is CCOC(=O)c1c(-c2ccc(C)cc2)oc2ncccc12. The van der Waals surface area contributed by atoms with E-state index in [-0.39, 0.29) is 5.97 Å². The Morgan fingerprint density at radius 3 is 2.71 bits per heavy atom. The smallest absolute Gasteiger partial charge is 0.342 e. The number of aromatic nitrogens is 1. The molecular weight excluding hydrogens is 266 g/mol. The molecule has 0 saturated carbocycles. The molecule has 2 aromatic heterocycles. The predicted molar refractivity (Wildman–Crippen MR) is 80.1 cm³/mol. The first-order valence-corrected chi connectivity index (χ1v) is 6.82. The number of ether oxygens (including phenoxy) is 1. The van der Waals surface area contributed by atoms with Crippen LogP contribution < -0.4 is 0 Å². The lowest BCUT2D eigenvalue weighted by Gasteiger charge is -2.03. The second-order valence-corrected chi connectivity index (χ2v) is 4.75. The van der Waals surface area contributed by atoms with Gasteiger partial charge in [0.25, 0.3) is 0 Å². The molecule has 0 spiro atoms. The van der Waals surface area contributed by atoms with E-state index in [9.17, 15) is 4.79 Å². The van der Waals surface area contributed by atoms with Gasteiger partial charge in [-0.05, 0) is 26.0 Å². The van der Waals surface area contributed by atoms with E-state index in [4.69, 9.17) is 9.15 Å². The molecular formula is C17H15NO3. The van der Waals surface area contributed by atoms with E-state index in [1.165, 1.54) is 0 Å². The van der Waals surface area contributed by atoms with Crippen molar-refractivity contribution in [2.24, 2.45) is 0 Å². The summed E-state index contributed by atoms with van der Waals surface area (Å²) in [6.07, 6.45) is 1.64. The number of carbonyl (C=O) groups is 1. The van der Waals surface area contributed by atoms with Crippen molar-refractivity contribution in [3.05, 3.63) is 53.7 Å². The second-order valence-electron chi connectivity index (χ2n) is 4.75. The number of furan rings is 1. The van der Waals surface area contributed by atoms with Gasteiger partial charge in [0.2, 0.25) is 5.71 Å². The Morgan fingerprint density at radius 2 is 2.00 bits per heavy atom. The van der Waals surface area contributed by atoms with Crippen LogP contribution >= 0.6 is 0 Å². The molecule has 1 aromatic carbocycles. The number of fused-ring (bicyclic) bond motifs is 1. The van der Waals surface area contributed by atoms with Crippen molar-refractivity contribution < 1.29 is 13.9 Å². The maximum Gasteiger partial charge on any atom is 0.342 e. The van der Waals surface area contributed by atoms with Crippen molar-refractivity contribution in [2.45, 2.75) is 13.8 Å². The molecule has 3 aromatic rings. The third-order valence-corrected chi connectivity index (χ3v) is 3.26. The van der Waals surface area contributed by atoms with Crippen molar-refractivity contribution >= 4 is 17.1 Å². The van der Waals surface area contributed by atoms with Crippen molar-refractivity contribution in [3.63, 3.8) is 0 Å². The first-order chi connectivity index (χ1) is 10.2. The van der Waals surface area contributed by atoms with Crippen molar-refractivity contribution in [3.8, 4) is 11.3 Å². The van der Waals surface area contributed by atoms with Crippen LogP contribution in [-0.2, 0) is 4.74 Å². The molecule has 0 fully saturated rings. The van der Waals surface area contributed by atoms with Crippen LogP contribution in [0.2, 0.25) is 0 Å². The van der Waals surface area contributed by atoms with Crippen LogP contribution in [0.25, 0.3) is 22.4 Å². The van der Waals surface area contributed by atoms with Crippen LogP contribution in [0, 0.1) is 6.92 Å². The lowest BCUT2D eigenvalue weighted by Crippen LogP contribution is -2.05. The molecule has 0 bridgehead atoms. The standard InChI is InChI=1S/C17H15NO3/c1-3-20-17(19)14-13-5-4-10-18-16(13)21-15(14)12-8-6-11(2)7-9-12/h4-10H,3H2,1-2H3. The minimum atomic E-state index is -0.389. The molecule has 4 heteroatoms. The van der Waals surface area contributed by atoms with Gasteiger partial charge in [0.1, 0.15) is 5.56 Å². The first-order valence-electron chi connectivity index (χ1n) is 6.82. The predicted octanol–water partition coefficient (Wildman–Crippen LogP) is 3.98. The van der Waals surface area contributed by atoms with Gasteiger partial charge in [-0.25, -0.2) is 9.78 Å². The fraction of sp³-hybridized carbons (Fsp3) is 0.176. The molecule has 4 nitrogen and oxygen atoms in total. The van der Waals surface area contributed by atoms with E-state index in [0.717, 1.165) is 11.1 Å². The Labute approximate surface area is 122 Å². The third kappa shape index (κ3) is 2.40. The van der Waals surface area contributed by atoms with Gasteiger partial charge in [0, 0.05) is 11.8 Å². The summed E-state index contributed by atoms with van der Waals surface area (Å²) in [4.78, 5) is 16.4. The van der Waals surface area contributed by atoms with E-state index >= 15 is 0 Å². The van der Waals surface area contributed by atoms with E-state index in [0.29, 0.717) is 29.0 Å². The lowest BCUT2D eigenvalue weighted by atomic mass is 10.1. The quantitative estimate of drug-likeness (QED) is 0.681. The van der Waals surface area contributed by atoms with E-state index in [1.54, 1.807) is 19.2 Å². The van der Waals surface area contributed by atoms with Gasteiger partial charge in [0.05, 0.1) is 12.0 Å². The molecule has 0 N–H and O–H groups in total. The summed E-state index contributed by atoms with van der Waals surface area (Å²) >= 11 is 0. The molecule has 0 aliphatic heterocycles. The summed E-state index contributed by atoms with van der Waals surface area (Å²) < 4.78 is 10.9. The number of hydrogen-bond donors (Lipinski definition) is 0. The molecule has 0 radical (unpaired) electrons. The fourth-order valence-corrected chi connectivity index (χ4v) is 2.25. The molecule has 3 rings (SSSR count). The summed E-state index contributed by atoms with van der Waals surface area (Å²) in [7, 11) is 0. The Balaban J connectivity index is 2.23. The summed E-state index contributed by atoms with van der Waals surface area (Å²) in [5.41, 5.74) is 2.85. The topological polar surface area (TPSA) is 52.3 Å². The minimum Gasteiger partial charge on any atom is -0.462 e. The molecule has 21 heavy (non-hydrogen) atoms. The zero-order valence-electron chi connectivity index (χ0n) is 11.9. The number of esters is 1. The zero-order valence-corrected chi connectivity index (χ0v) is 11.9. The summed E-state index contributed by atoms with van der Waals surface area (Å²) in [6, 6.07) is 11.4. The van der Waals surface area contributed by atoms with E-state index < -0.39 is 0 Å². The van der Waals surface area contributed by atoms with Crippen LogP contribution in [0.1, 0.15) is 22.8 Å². The molecule has 0 atom stereocenters. The van der Waals surface area contributed by atoms with Gasteiger partial charge in [-0.1, -0.05) is 29.8 Å². The van der Waals surface area contributed by atoms with Crippen LogP contribution in [0.15, 0.2) is 47.0 Å². The van der Waals surface area contributed by atoms with Crippen LogP contribution in [-0.4, -0.2) is 17.6 Å². The normalized spacial score (nSPS) is 10.8. The van der Waals surface area contributed by atoms with Crippen LogP contribution in [0.5, 0.6) is 0 Å². The molecule has 0 saturated heterocycles. The van der Waals surface area contributed by atoms with Gasteiger partial charge in [0.15, 0.2) is 5.76 Å². The van der Waals surface area contributed by atoms with Gasteiger partial charge in [-0.2, -0.15) is 0 Å². The number of aryl methyl sites for hydroxylation is 1. The number of hydrogen-bond acceptors (Lipinski definition) is 4. The fourth-order valence-electron chi connectivity index (χ4n) is 2.25. The van der Waals surface area contributed by atoms with E-state index in [1.807, 2.05) is 37.3 Å². The summed E-state index contributed by atoms with van der Waals surface area (Å²) in [5.74, 6) is 0.113. The second kappa shape index (κ2) is 5.40. The number of carbonyl (C=O) groups excluding carboxylic acids is 1. The molecule has 0 aliphatic rings. The van der Waals surface area contributed by atoms with Gasteiger partial charge >= 0.3 is 5.97 Å². The largest absolute Gasteiger partial charge is 0.462 e. The summed E-state index contributed by atoms with van der Waals surface area (Å²) in [6.45, 7) is 4.11. The molecule has 0 aliphatic carbocycles. The van der Waals surface area contributed by atoms with Crippen molar-refractivity contribution in [2.75, 3.05) is 6.61 Å². The van der Waals surface area contributed by atoms with Crippen molar-refractivity contribution in [1.29, 1.82) is 0 Å². The Hall–Kier alpha value is -2.62. The van der Waals surface area contributed by atoms with E-state index in [2.05, 4.69) is 4.98 Å². The zero-order chi connectivity index (χ0) is 14.8. The Bertz CT molecular complexity index is 787. The highest BCUT2D eigenvalue weighted by Crippen LogP contribution is 2.33. The average Bonchev–Trinajstić information content (AvgIpc) is 2.87.